The van der Waals surface area contributed by atoms with Gasteiger partial charge in [0.15, 0.2) is 4.60 Å². The number of nitrogens with zero attached hydrogens (tertiary/aromatic N) is 3. The van der Waals surface area contributed by atoms with Gasteiger partial charge in [-0.05, 0) is 35.8 Å². The largest absolute Gasteiger partial charge is 0.378 e. The van der Waals surface area contributed by atoms with E-state index in [1.54, 1.807) is 0 Å². The van der Waals surface area contributed by atoms with Crippen LogP contribution in [-0.4, -0.2) is 34.8 Å². The van der Waals surface area contributed by atoms with E-state index in [2.05, 4.69) is 38.5 Å². The summed E-state index contributed by atoms with van der Waals surface area (Å²) in [6, 6.07) is 0.233. The Labute approximate surface area is 110 Å². The van der Waals surface area contributed by atoms with Crippen LogP contribution in [-0.2, 0) is 11.8 Å². The summed E-state index contributed by atoms with van der Waals surface area (Å²) in [5, 5.41) is 11.5. The van der Waals surface area contributed by atoms with Gasteiger partial charge in [-0.15, -0.1) is 5.10 Å². The molecule has 3 unspecified atom stereocenters. The zero-order chi connectivity index (χ0) is 12.4. The fourth-order valence-corrected chi connectivity index (χ4v) is 3.26. The van der Waals surface area contributed by atoms with Gasteiger partial charge in [0.2, 0.25) is 0 Å². The summed E-state index contributed by atoms with van der Waals surface area (Å²) in [5.41, 5.74) is 1.10. The Morgan fingerprint density at radius 3 is 2.94 bits per heavy atom. The SMILES string of the molecule is CCC1OCCC1C(NC)c1c(Br)nnn1C. The third-order valence-electron chi connectivity index (χ3n) is 3.52. The van der Waals surface area contributed by atoms with E-state index < -0.39 is 0 Å². The first kappa shape index (κ1) is 13.0. The topological polar surface area (TPSA) is 52.0 Å². The van der Waals surface area contributed by atoms with E-state index in [9.17, 15) is 0 Å². The summed E-state index contributed by atoms with van der Waals surface area (Å²) in [7, 11) is 3.91. The number of ether oxygens (including phenoxy) is 1. The molecule has 1 aromatic heterocycles. The number of halogens is 1. The molecule has 1 N–H and O–H groups in total. The fraction of sp³-hybridized carbons (Fsp3) is 0.818. The first-order chi connectivity index (χ1) is 8.19. The highest BCUT2D eigenvalue weighted by Gasteiger charge is 2.36. The first-order valence-electron chi connectivity index (χ1n) is 6.03. The van der Waals surface area contributed by atoms with Gasteiger partial charge in [0.1, 0.15) is 0 Å². The molecule has 0 spiro atoms. The predicted molar refractivity (Wildman–Crippen MR) is 68.6 cm³/mol. The van der Waals surface area contributed by atoms with Gasteiger partial charge in [0.05, 0.1) is 17.8 Å². The second-order valence-electron chi connectivity index (χ2n) is 4.43. The Kier molecular flexibility index (Phi) is 4.17. The van der Waals surface area contributed by atoms with Gasteiger partial charge in [-0.1, -0.05) is 12.1 Å². The Hall–Kier alpha value is -0.460. The lowest BCUT2D eigenvalue weighted by Crippen LogP contribution is -2.32. The van der Waals surface area contributed by atoms with Gasteiger partial charge >= 0.3 is 0 Å². The minimum Gasteiger partial charge on any atom is -0.378 e. The molecule has 0 aromatic carbocycles. The van der Waals surface area contributed by atoms with Crippen LogP contribution < -0.4 is 5.32 Å². The molecule has 1 saturated heterocycles. The van der Waals surface area contributed by atoms with Crippen LogP contribution in [0.1, 0.15) is 31.5 Å². The van der Waals surface area contributed by atoms with Crippen LogP contribution in [0.3, 0.4) is 0 Å². The molecule has 1 aromatic rings. The Balaban J connectivity index is 2.27. The molecule has 0 radical (unpaired) electrons. The van der Waals surface area contributed by atoms with E-state index in [1.165, 1.54) is 0 Å². The summed E-state index contributed by atoms with van der Waals surface area (Å²) < 4.78 is 8.42. The molecule has 5 nitrogen and oxygen atoms in total. The van der Waals surface area contributed by atoms with Crippen LogP contribution in [0.25, 0.3) is 0 Å². The Bertz CT molecular complexity index is 362. The number of hydrogen-bond acceptors (Lipinski definition) is 4. The summed E-state index contributed by atoms with van der Waals surface area (Å²) in [6.07, 6.45) is 2.46. The minimum absolute atomic E-state index is 0.233. The van der Waals surface area contributed by atoms with Crippen molar-refractivity contribution in [1.29, 1.82) is 0 Å². The van der Waals surface area contributed by atoms with E-state index in [0.29, 0.717) is 12.0 Å². The smallest absolute Gasteiger partial charge is 0.153 e. The average Bonchev–Trinajstić information content (AvgIpc) is 2.91. The van der Waals surface area contributed by atoms with Crippen LogP contribution in [0, 0.1) is 5.92 Å². The van der Waals surface area contributed by atoms with Gasteiger partial charge in [-0.3, -0.25) is 0 Å². The molecule has 2 rings (SSSR count). The maximum Gasteiger partial charge on any atom is 0.153 e. The molecule has 1 fully saturated rings. The summed E-state index contributed by atoms with van der Waals surface area (Å²) in [4.78, 5) is 0. The van der Waals surface area contributed by atoms with Gasteiger partial charge in [0.25, 0.3) is 0 Å². The molecule has 96 valence electrons. The normalized spacial score (nSPS) is 26.4. The monoisotopic (exact) mass is 302 g/mol. The number of rotatable bonds is 4. The maximum atomic E-state index is 5.77. The summed E-state index contributed by atoms with van der Waals surface area (Å²) in [5.74, 6) is 0.485. The van der Waals surface area contributed by atoms with E-state index in [1.807, 2.05) is 18.8 Å². The maximum absolute atomic E-state index is 5.77. The van der Waals surface area contributed by atoms with E-state index >= 15 is 0 Å². The van der Waals surface area contributed by atoms with E-state index in [-0.39, 0.29) is 6.04 Å². The highest BCUT2D eigenvalue weighted by atomic mass is 79.9. The lowest BCUT2D eigenvalue weighted by molar-refractivity contribution is 0.0773. The summed E-state index contributed by atoms with van der Waals surface area (Å²) >= 11 is 3.47. The predicted octanol–water partition coefficient (Wildman–Crippen LogP) is 1.65. The number of nitrogens with one attached hydrogen (secondary N) is 1. The Morgan fingerprint density at radius 1 is 1.65 bits per heavy atom. The van der Waals surface area contributed by atoms with Crippen molar-refractivity contribution in [3.8, 4) is 0 Å². The molecule has 1 aliphatic rings. The highest BCUT2D eigenvalue weighted by molar-refractivity contribution is 9.10. The van der Waals surface area contributed by atoms with Crippen molar-refractivity contribution in [2.75, 3.05) is 13.7 Å². The van der Waals surface area contributed by atoms with Crippen molar-refractivity contribution >= 4 is 15.9 Å². The number of hydrogen-bond donors (Lipinski definition) is 1. The molecular formula is C11H19BrN4O. The molecule has 1 aliphatic heterocycles. The van der Waals surface area contributed by atoms with Crippen molar-refractivity contribution < 1.29 is 4.74 Å². The lowest BCUT2D eigenvalue weighted by atomic mass is 9.89. The fourth-order valence-electron chi connectivity index (χ4n) is 2.69. The molecule has 0 bridgehead atoms. The number of aryl methyl sites for hydroxylation is 1. The average molecular weight is 303 g/mol. The first-order valence-corrected chi connectivity index (χ1v) is 6.82. The third-order valence-corrected chi connectivity index (χ3v) is 4.09. The second-order valence-corrected chi connectivity index (χ2v) is 5.18. The van der Waals surface area contributed by atoms with Crippen LogP contribution in [0.4, 0.5) is 0 Å². The number of aromatic nitrogens is 3. The van der Waals surface area contributed by atoms with Gasteiger partial charge in [-0.2, -0.15) is 0 Å². The summed E-state index contributed by atoms with van der Waals surface area (Å²) in [6.45, 7) is 3.02. The highest BCUT2D eigenvalue weighted by Crippen LogP contribution is 2.36. The standard InChI is InChI=1S/C11H19BrN4O/c1-4-8-7(5-6-17-8)9(13-2)10-11(12)14-15-16(10)3/h7-9,13H,4-6H2,1-3H3. The zero-order valence-corrected chi connectivity index (χ0v) is 12.1. The molecule has 3 atom stereocenters. The Morgan fingerprint density at radius 2 is 2.41 bits per heavy atom. The van der Waals surface area contributed by atoms with Crippen molar-refractivity contribution in [2.24, 2.45) is 13.0 Å². The molecule has 0 saturated carbocycles. The third kappa shape index (κ3) is 2.39. The molecule has 2 heterocycles. The lowest BCUT2D eigenvalue weighted by Gasteiger charge is -2.26. The second kappa shape index (κ2) is 5.46. The molecule has 6 heteroatoms. The van der Waals surface area contributed by atoms with E-state index in [0.717, 1.165) is 29.7 Å². The van der Waals surface area contributed by atoms with Gasteiger partial charge < -0.3 is 10.1 Å². The van der Waals surface area contributed by atoms with Gasteiger partial charge in [0, 0.05) is 19.6 Å². The van der Waals surface area contributed by atoms with Crippen LogP contribution in [0.2, 0.25) is 0 Å². The minimum atomic E-state index is 0.233. The van der Waals surface area contributed by atoms with Gasteiger partial charge in [-0.25, -0.2) is 4.68 Å². The van der Waals surface area contributed by atoms with Crippen LogP contribution in [0.15, 0.2) is 4.60 Å². The zero-order valence-electron chi connectivity index (χ0n) is 10.5. The molecular weight excluding hydrogens is 284 g/mol. The quantitative estimate of drug-likeness (QED) is 0.919. The van der Waals surface area contributed by atoms with Crippen molar-refractivity contribution in [3.63, 3.8) is 0 Å². The molecule has 17 heavy (non-hydrogen) atoms. The van der Waals surface area contributed by atoms with Crippen LogP contribution >= 0.6 is 15.9 Å². The van der Waals surface area contributed by atoms with Crippen LogP contribution in [0.5, 0.6) is 0 Å². The molecule has 0 amide bonds. The van der Waals surface area contributed by atoms with Crippen molar-refractivity contribution in [1.82, 2.24) is 20.3 Å². The van der Waals surface area contributed by atoms with Crippen molar-refractivity contribution in [3.05, 3.63) is 10.3 Å². The van der Waals surface area contributed by atoms with Crippen molar-refractivity contribution in [2.45, 2.75) is 31.9 Å². The van der Waals surface area contributed by atoms with E-state index in [4.69, 9.17) is 4.74 Å². The molecule has 0 aliphatic carbocycles.